The summed E-state index contributed by atoms with van der Waals surface area (Å²) in [5.41, 5.74) is 2.39. The molecule has 136 valence electrons. The average Bonchev–Trinajstić information content (AvgIpc) is 2.57. The van der Waals surface area contributed by atoms with E-state index in [-0.39, 0.29) is 5.41 Å². The lowest BCUT2D eigenvalue weighted by Gasteiger charge is -2.22. The van der Waals surface area contributed by atoms with Crippen molar-refractivity contribution in [1.82, 2.24) is 0 Å². The van der Waals surface area contributed by atoms with Crippen molar-refractivity contribution in [2.75, 3.05) is 25.1 Å². The molecule has 2 aromatic rings. The third-order valence-corrected chi connectivity index (χ3v) is 3.82. The van der Waals surface area contributed by atoms with Crippen molar-refractivity contribution in [1.29, 1.82) is 0 Å². The van der Waals surface area contributed by atoms with Crippen LogP contribution in [0.15, 0.2) is 48.5 Å². The van der Waals surface area contributed by atoms with E-state index < -0.39 is 0 Å². The molecule has 1 N–H and O–H groups in total. The molecule has 0 saturated carbocycles. The largest absolute Gasteiger partial charge is 0.493 e. The second-order valence-electron chi connectivity index (χ2n) is 7.75. The van der Waals surface area contributed by atoms with Gasteiger partial charge in [0.25, 0.3) is 0 Å². The molecule has 0 heterocycles. The number of rotatable bonds is 8. The fraction of sp³-hybridized carbons (Fsp3) is 0.455. The second-order valence-corrected chi connectivity index (χ2v) is 7.75. The van der Waals surface area contributed by atoms with Gasteiger partial charge >= 0.3 is 0 Å². The molecule has 2 rings (SSSR count). The van der Waals surface area contributed by atoms with Crippen LogP contribution in [0.5, 0.6) is 11.5 Å². The van der Waals surface area contributed by atoms with Crippen LogP contribution in [-0.2, 0) is 5.41 Å². The number of anilines is 1. The summed E-state index contributed by atoms with van der Waals surface area (Å²) in [6.45, 7) is 13.0. The molecule has 0 spiro atoms. The van der Waals surface area contributed by atoms with Crippen LogP contribution in [0.1, 0.15) is 40.2 Å². The van der Waals surface area contributed by atoms with E-state index in [1.165, 1.54) is 5.56 Å². The first-order valence-corrected chi connectivity index (χ1v) is 9.05. The first-order chi connectivity index (χ1) is 11.9. The van der Waals surface area contributed by atoms with Crippen molar-refractivity contribution in [2.45, 2.75) is 40.0 Å². The zero-order chi connectivity index (χ0) is 18.3. The van der Waals surface area contributed by atoms with Gasteiger partial charge in [-0.3, -0.25) is 0 Å². The number of hydrogen-bond acceptors (Lipinski definition) is 3. The normalized spacial score (nSPS) is 11.4. The highest BCUT2D eigenvalue weighted by atomic mass is 16.5. The predicted octanol–water partition coefficient (Wildman–Crippen LogP) is 5.51. The minimum atomic E-state index is 0.0792. The smallest absolute Gasteiger partial charge is 0.123 e. The maximum Gasteiger partial charge on any atom is 0.123 e. The van der Waals surface area contributed by atoms with Crippen molar-refractivity contribution in [3.63, 3.8) is 0 Å². The Morgan fingerprint density at radius 2 is 1.60 bits per heavy atom. The average molecular weight is 341 g/mol. The SMILES string of the molecule is CC(C)COc1ccc(NCCOc2ccccc2C(C)(C)C)cc1. The Kier molecular flexibility index (Phi) is 6.74. The highest BCUT2D eigenvalue weighted by Gasteiger charge is 2.18. The highest BCUT2D eigenvalue weighted by molar-refractivity contribution is 5.46. The molecule has 0 aliphatic rings. The van der Waals surface area contributed by atoms with Gasteiger partial charge in [0.2, 0.25) is 0 Å². The molecule has 2 aromatic carbocycles. The number of ether oxygens (including phenoxy) is 2. The Morgan fingerprint density at radius 1 is 0.920 bits per heavy atom. The molecule has 0 unspecified atom stereocenters. The van der Waals surface area contributed by atoms with Gasteiger partial charge < -0.3 is 14.8 Å². The Hall–Kier alpha value is -2.16. The van der Waals surface area contributed by atoms with Crippen molar-refractivity contribution in [2.24, 2.45) is 5.92 Å². The van der Waals surface area contributed by atoms with E-state index in [4.69, 9.17) is 9.47 Å². The van der Waals surface area contributed by atoms with Gasteiger partial charge in [-0.1, -0.05) is 52.8 Å². The van der Waals surface area contributed by atoms with Crippen LogP contribution < -0.4 is 14.8 Å². The van der Waals surface area contributed by atoms with Gasteiger partial charge in [0, 0.05) is 12.2 Å². The summed E-state index contributed by atoms with van der Waals surface area (Å²) in [7, 11) is 0. The number of benzene rings is 2. The lowest BCUT2D eigenvalue weighted by Crippen LogP contribution is -2.16. The van der Waals surface area contributed by atoms with Crippen LogP contribution in [0.4, 0.5) is 5.69 Å². The van der Waals surface area contributed by atoms with E-state index >= 15 is 0 Å². The third kappa shape index (κ3) is 6.33. The summed E-state index contributed by atoms with van der Waals surface area (Å²) >= 11 is 0. The number of para-hydroxylation sites is 1. The summed E-state index contributed by atoms with van der Waals surface area (Å²) in [5.74, 6) is 2.41. The van der Waals surface area contributed by atoms with Crippen LogP contribution in [0.25, 0.3) is 0 Å². The quantitative estimate of drug-likeness (QED) is 0.642. The molecule has 0 atom stereocenters. The van der Waals surface area contributed by atoms with Gasteiger partial charge in [0.1, 0.15) is 18.1 Å². The fourth-order valence-electron chi connectivity index (χ4n) is 2.50. The van der Waals surface area contributed by atoms with E-state index in [0.29, 0.717) is 12.5 Å². The van der Waals surface area contributed by atoms with Crippen LogP contribution in [-0.4, -0.2) is 19.8 Å². The maximum absolute atomic E-state index is 5.99. The van der Waals surface area contributed by atoms with Crippen LogP contribution in [0.3, 0.4) is 0 Å². The lowest BCUT2D eigenvalue weighted by atomic mass is 9.86. The Balaban J connectivity index is 1.80. The van der Waals surface area contributed by atoms with Gasteiger partial charge in [0.15, 0.2) is 0 Å². The summed E-state index contributed by atoms with van der Waals surface area (Å²) in [6, 6.07) is 16.3. The first-order valence-electron chi connectivity index (χ1n) is 9.05. The van der Waals surface area contributed by atoms with Gasteiger partial charge in [0.05, 0.1) is 6.61 Å². The first kappa shape index (κ1) is 19.2. The Morgan fingerprint density at radius 3 is 2.24 bits per heavy atom. The monoisotopic (exact) mass is 341 g/mol. The van der Waals surface area contributed by atoms with Crippen molar-refractivity contribution in [3.8, 4) is 11.5 Å². The van der Waals surface area contributed by atoms with Crippen LogP contribution in [0, 0.1) is 5.92 Å². The summed E-state index contributed by atoms with van der Waals surface area (Å²) in [5, 5.41) is 3.38. The lowest BCUT2D eigenvalue weighted by molar-refractivity contribution is 0.271. The molecule has 3 heteroatoms. The van der Waals surface area contributed by atoms with Crippen LogP contribution in [0.2, 0.25) is 0 Å². The van der Waals surface area contributed by atoms with Crippen molar-refractivity contribution >= 4 is 5.69 Å². The molecule has 0 fully saturated rings. The van der Waals surface area contributed by atoms with Crippen LogP contribution >= 0.6 is 0 Å². The van der Waals surface area contributed by atoms with Gasteiger partial charge in [-0.05, 0) is 47.2 Å². The minimum Gasteiger partial charge on any atom is -0.493 e. The molecule has 0 aromatic heterocycles. The van der Waals surface area contributed by atoms with Gasteiger partial charge in [-0.2, -0.15) is 0 Å². The molecule has 0 aliphatic heterocycles. The molecular weight excluding hydrogens is 310 g/mol. The molecule has 0 amide bonds. The molecule has 3 nitrogen and oxygen atoms in total. The topological polar surface area (TPSA) is 30.5 Å². The van der Waals surface area contributed by atoms with Crippen molar-refractivity contribution in [3.05, 3.63) is 54.1 Å². The van der Waals surface area contributed by atoms with E-state index in [0.717, 1.165) is 30.3 Å². The predicted molar refractivity (Wildman–Crippen MR) is 106 cm³/mol. The van der Waals surface area contributed by atoms with E-state index in [1.54, 1.807) is 0 Å². The highest BCUT2D eigenvalue weighted by Crippen LogP contribution is 2.30. The third-order valence-electron chi connectivity index (χ3n) is 3.82. The second kappa shape index (κ2) is 8.80. The molecule has 0 radical (unpaired) electrons. The zero-order valence-corrected chi connectivity index (χ0v) is 16.1. The molecular formula is C22H31NO2. The Bertz CT molecular complexity index is 642. The molecule has 25 heavy (non-hydrogen) atoms. The zero-order valence-electron chi connectivity index (χ0n) is 16.1. The summed E-state index contributed by atoms with van der Waals surface area (Å²) in [6.07, 6.45) is 0. The number of hydrogen-bond donors (Lipinski definition) is 1. The van der Waals surface area contributed by atoms with E-state index in [2.05, 4.69) is 52.1 Å². The standard InChI is InChI=1S/C22H31NO2/c1-17(2)16-25-19-12-10-18(11-13-19)23-14-15-24-21-9-7-6-8-20(21)22(3,4)5/h6-13,17,23H,14-16H2,1-5H3. The summed E-state index contributed by atoms with van der Waals surface area (Å²) in [4.78, 5) is 0. The minimum absolute atomic E-state index is 0.0792. The molecule has 0 aliphatic carbocycles. The summed E-state index contributed by atoms with van der Waals surface area (Å²) < 4.78 is 11.7. The van der Waals surface area contributed by atoms with Crippen molar-refractivity contribution < 1.29 is 9.47 Å². The molecule has 0 saturated heterocycles. The maximum atomic E-state index is 5.99. The number of nitrogens with one attached hydrogen (secondary N) is 1. The molecule has 0 bridgehead atoms. The van der Waals surface area contributed by atoms with Gasteiger partial charge in [-0.25, -0.2) is 0 Å². The van der Waals surface area contributed by atoms with E-state index in [1.807, 2.05) is 36.4 Å². The fourth-order valence-corrected chi connectivity index (χ4v) is 2.50. The van der Waals surface area contributed by atoms with E-state index in [9.17, 15) is 0 Å². The Labute approximate surface area is 152 Å². The van der Waals surface area contributed by atoms with Gasteiger partial charge in [-0.15, -0.1) is 0 Å².